The number of aromatic nitrogens is 3. The van der Waals surface area contributed by atoms with Crippen LogP contribution in [0.25, 0.3) is 11.0 Å². The molecule has 0 aromatic carbocycles. The summed E-state index contributed by atoms with van der Waals surface area (Å²) in [5.41, 5.74) is 8.90. The second-order valence-electron chi connectivity index (χ2n) is 7.97. The van der Waals surface area contributed by atoms with Crippen molar-refractivity contribution in [3.63, 3.8) is 0 Å². The summed E-state index contributed by atoms with van der Waals surface area (Å²) < 4.78 is 5.64. The summed E-state index contributed by atoms with van der Waals surface area (Å²) in [6.07, 6.45) is 6.11. The number of piperazine rings is 1. The number of aryl methyl sites for hydroxylation is 1. The molecule has 0 spiro atoms. The number of rotatable bonds is 10. The lowest BCUT2D eigenvalue weighted by molar-refractivity contribution is -0.122. The average Bonchev–Trinajstić information content (AvgIpc) is 3.14. The van der Waals surface area contributed by atoms with Crippen LogP contribution in [-0.2, 0) is 11.2 Å². The number of fused-ring (bicyclic) bond motifs is 1. The fourth-order valence-corrected chi connectivity index (χ4v) is 3.71. The van der Waals surface area contributed by atoms with Gasteiger partial charge in [-0.1, -0.05) is 19.8 Å². The molecule has 1 fully saturated rings. The van der Waals surface area contributed by atoms with E-state index >= 15 is 0 Å². The number of unbranched alkanes of at least 4 members (excludes halogenated alkanes) is 3. The lowest BCUT2D eigenvalue weighted by Gasteiger charge is -2.32. The Hall–Kier alpha value is -2.90. The van der Waals surface area contributed by atoms with Crippen LogP contribution in [0.15, 0.2) is 0 Å². The number of hydrogen-bond acceptors (Lipinski definition) is 8. The monoisotopic (exact) mass is 445 g/mol. The van der Waals surface area contributed by atoms with Crippen molar-refractivity contribution in [3.05, 3.63) is 11.3 Å². The Morgan fingerprint density at radius 3 is 2.59 bits per heavy atom. The highest BCUT2D eigenvalue weighted by Gasteiger charge is 2.18. The van der Waals surface area contributed by atoms with E-state index in [-0.39, 0.29) is 6.47 Å². The fourth-order valence-electron chi connectivity index (χ4n) is 3.71. The number of likely N-dealkylation sites (N-methyl/N-ethyl adjacent to an activating group) is 1. The lowest BCUT2D eigenvalue weighted by atomic mass is 10.1. The Morgan fingerprint density at radius 2 is 1.94 bits per heavy atom. The van der Waals surface area contributed by atoms with Gasteiger partial charge in [-0.25, -0.2) is 0 Å². The zero-order valence-electron chi connectivity index (χ0n) is 19.1. The molecule has 0 unspecified atom stereocenters. The van der Waals surface area contributed by atoms with Gasteiger partial charge in [-0.15, -0.1) is 0 Å². The molecule has 0 amide bonds. The summed E-state index contributed by atoms with van der Waals surface area (Å²) in [5, 5.41) is 16.4. The van der Waals surface area contributed by atoms with Gasteiger partial charge in [-0.3, -0.25) is 4.79 Å². The minimum absolute atomic E-state index is 0.250. The Balaban J connectivity index is 0.00000114. The van der Waals surface area contributed by atoms with Gasteiger partial charge in [0.2, 0.25) is 0 Å². The number of carboxylic acid groups (broad SMARTS) is 1. The van der Waals surface area contributed by atoms with Crippen LogP contribution in [0.1, 0.15) is 50.3 Å². The van der Waals surface area contributed by atoms with Crippen LogP contribution >= 0.6 is 0 Å². The Labute approximate surface area is 189 Å². The average molecular weight is 446 g/mol. The molecule has 176 valence electrons. The first kappa shape index (κ1) is 25.4. The van der Waals surface area contributed by atoms with E-state index in [4.69, 9.17) is 20.4 Å². The third kappa shape index (κ3) is 7.35. The van der Waals surface area contributed by atoms with Crippen molar-refractivity contribution >= 4 is 23.3 Å². The van der Waals surface area contributed by atoms with Crippen molar-refractivity contribution in [1.29, 1.82) is 5.26 Å². The maximum absolute atomic E-state index is 9.54. The number of nitrogens with zero attached hydrogens (tertiary/aromatic N) is 5. The van der Waals surface area contributed by atoms with Gasteiger partial charge < -0.3 is 30.4 Å². The van der Waals surface area contributed by atoms with Crippen molar-refractivity contribution in [3.8, 4) is 12.1 Å². The lowest BCUT2D eigenvalue weighted by Crippen LogP contribution is -2.44. The maximum atomic E-state index is 9.54. The highest BCUT2D eigenvalue weighted by Crippen LogP contribution is 2.27. The van der Waals surface area contributed by atoms with Crippen LogP contribution < -0.4 is 10.5 Å². The Kier molecular flexibility index (Phi) is 10.7. The van der Waals surface area contributed by atoms with E-state index < -0.39 is 0 Å². The largest absolute Gasteiger partial charge is 0.483 e. The standard InChI is InChI=1S/C21H33N7O.CH2O2/c1-3-4-14-29-21-25-18-16(17(15-22)24-19(18)20(23)26-21)8-6-5-7-9-28-12-10-27(2)11-13-28;2-1-3/h24H,3-14H2,1-2H3,(H2,23,25,26);1H,(H,2,3). The van der Waals surface area contributed by atoms with Gasteiger partial charge >= 0.3 is 6.01 Å². The number of aromatic amines is 1. The van der Waals surface area contributed by atoms with Gasteiger partial charge in [-0.2, -0.15) is 15.2 Å². The molecule has 4 N–H and O–H groups in total. The molecule has 1 saturated heterocycles. The molecule has 2 aromatic rings. The summed E-state index contributed by atoms with van der Waals surface area (Å²) in [6.45, 7) is 8.21. The molecule has 0 radical (unpaired) electrons. The van der Waals surface area contributed by atoms with E-state index in [1.807, 2.05) is 0 Å². The number of anilines is 1. The van der Waals surface area contributed by atoms with E-state index in [0.29, 0.717) is 29.6 Å². The van der Waals surface area contributed by atoms with Crippen LogP contribution in [0.4, 0.5) is 5.82 Å². The number of nitrogen functional groups attached to an aromatic ring is 1. The Bertz CT molecular complexity index is 886. The predicted octanol–water partition coefficient (Wildman–Crippen LogP) is 2.25. The second-order valence-corrected chi connectivity index (χ2v) is 7.97. The zero-order chi connectivity index (χ0) is 23.3. The second kappa shape index (κ2) is 13.5. The summed E-state index contributed by atoms with van der Waals surface area (Å²) in [7, 11) is 2.18. The zero-order valence-corrected chi connectivity index (χ0v) is 19.1. The number of nitrogens with two attached hydrogens (primary N) is 1. The van der Waals surface area contributed by atoms with E-state index in [9.17, 15) is 5.26 Å². The number of nitriles is 1. The van der Waals surface area contributed by atoms with E-state index in [0.717, 1.165) is 75.9 Å². The summed E-state index contributed by atoms with van der Waals surface area (Å²) in [5.74, 6) is 0.333. The van der Waals surface area contributed by atoms with Crippen molar-refractivity contribution in [1.82, 2.24) is 24.8 Å². The third-order valence-electron chi connectivity index (χ3n) is 5.59. The van der Waals surface area contributed by atoms with Crippen LogP contribution in [0.2, 0.25) is 0 Å². The SMILES string of the molecule is CCCCOc1nc(N)c2[nH]c(C#N)c(CCCCCN3CCN(C)CC3)c2n1.O=CO. The normalized spacial score (nSPS) is 14.5. The summed E-state index contributed by atoms with van der Waals surface area (Å²) in [6, 6.07) is 2.54. The van der Waals surface area contributed by atoms with Gasteiger partial charge in [0.05, 0.1) is 6.61 Å². The predicted molar refractivity (Wildman–Crippen MR) is 124 cm³/mol. The Morgan fingerprint density at radius 1 is 1.22 bits per heavy atom. The molecule has 0 saturated carbocycles. The number of hydrogen-bond donors (Lipinski definition) is 3. The minimum Gasteiger partial charge on any atom is -0.483 e. The molecule has 10 heteroatoms. The third-order valence-corrected chi connectivity index (χ3v) is 5.59. The quantitative estimate of drug-likeness (QED) is 0.370. The molecule has 0 atom stereocenters. The van der Waals surface area contributed by atoms with Crippen molar-refractivity contribution in [2.24, 2.45) is 0 Å². The maximum Gasteiger partial charge on any atom is 0.319 e. The van der Waals surface area contributed by atoms with Gasteiger partial charge in [0, 0.05) is 31.7 Å². The van der Waals surface area contributed by atoms with Crippen molar-refractivity contribution in [2.75, 3.05) is 52.1 Å². The van der Waals surface area contributed by atoms with E-state index in [1.54, 1.807) is 0 Å². The molecule has 1 aliphatic heterocycles. The first-order valence-corrected chi connectivity index (χ1v) is 11.2. The van der Waals surface area contributed by atoms with E-state index in [2.05, 4.69) is 44.8 Å². The van der Waals surface area contributed by atoms with Crippen LogP contribution in [0.5, 0.6) is 6.01 Å². The molecule has 3 rings (SSSR count). The number of nitrogens with one attached hydrogen (secondary N) is 1. The highest BCUT2D eigenvalue weighted by molar-refractivity contribution is 5.89. The van der Waals surface area contributed by atoms with E-state index in [1.165, 1.54) is 6.42 Å². The molecule has 32 heavy (non-hydrogen) atoms. The van der Waals surface area contributed by atoms with Crippen LogP contribution in [0.3, 0.4) is 0 Å². The smallest absolute Gasteiger partial charge is 0.319 e. The highest BCUT2D eigenvalue weighted by atomic mass is 16.5. The molecule has 10 nitrogen and oxygen atoms in total. The molecule has 3 heterocycles. The van der Waals surface area contributed by atoms with Crippen LogP contribution in [-0.4, -0.2) is 82.7 Å². The minimum atomic E-state index is -0.250. The molecular weight excluding hydrogens is 410 g/mol. The first-order chi connectivity index (χ1) is 15.5. The molecular formula is C22H35N7O3. The fraction of sp³-hybridized carbons (Fsp3) is 0.636. The summed E-state index contributed by atoms with van der Waals surface area (Å²) in [4.78, 5) is 25.1. The van der Waals surface area contributed by atoms with Crippen molar-refractivity contribution < 1.29 is 14.6 Å². The van der Waals surface area contributed by atoms with Gasteiger partial charge in [0.1, 0.15) is 22.8 Å². The number of ether oxygens (including phenoxy) is 1. The molecule has 2 aromatic heterocycles. The number of H-pyrrole nitrogens is 1. The topological polar surface area (TPSA) is 144 Å². The van der Waals surface area contributed by atoms with Gasteiger partial charge in [0.25, 0.3) is 6.47 Å². The van der Waals surface area contributed by atoms with Gasteiger partial charge in [0.15, 0.2) is 5.82 Å². The number of carbonyl (C=O) groups is 1. The molecule has 0 bridgehead atoms. The molecule has 0 aliphatic carbocycles. The van der Waals surface area contributed by atoms with Gasteiger partial charge in [-0.05, 0) is 39.3 Å². The molecule has 1 aliphatic rings. The summed E-state index contributed by atoms with van der Waals surface area (Å²) >= 11 is 0. The van der Waals surface area contributed by atoms with Crippen molar-refractivity contribution in [2.45, 2.75) is 45.4 Å². The van der Waals surface area contributed by atoms with Crippen LogP contribution in [0, 0.1) is 11.3 Å². The first-order valence-electron chi connectivity index (χ1n) is 11.2.